The van der Waals surface area contributed by atoms with Crippen LogP contribution in [-0.4, -0.2) is 45.4 Å². The van der Waals surface area contributed by atoms with Crippen LogP contribution < -0.4 is 15.2 Å². The molecule has 31 heavy (non-hydrogen) atoms. The summed E-state index contributed by atoms with van der Waals surface area (Å²) in [5.74, 6) is 1.36. The van der Waals surface area contributed by atoms with Gasteiger partial charge < -0.3 is 24.9 Å². The first-order valence-corrected chi connectivity index (χ1v) is 11.8. The van der Waals surface area contributed by atoms with Crippen LogP contribution in [0.1, 0.15) is 23.3 Å². The van der Waals surface area contributed by atoms with Crippen LogP contribution in [0, 0.1) is 5.92 Å². The van der Waals surface area contributed by atoms with Gasteiger partial charge in [-0.25, -0.2) is 8.42 Å². The summed E-state index contributed by atoms with van der Waals surface area (Å²) in [5, 5.41) is 0.723. The highest BCUT2D eigenvalue weighted by molar-refractivity contribution is 7.90. The molecule has 2 aromatic carbocycles. The summed E-state index contributed by atoms with van der Waals surface area (Å²) in [7, 11) is -3.28. The molecule has 1 aliphatic rings. The van der Waals surface area contributed by atoms with E-state index in [1.54, 1.807) is 30.3 Å². The van der Waals surface area contributed by atoms with Crippen molar-refractivity contribution in [2.24, 2.45) is 11.7 Å². The summed E-state index contributed by atoms with van der Waals surface area (Å²) in [5.41, 5.74) is 6.37. The van der Waals surface area contributed by atoms with E-state index >= 15 is 0 Å². The first-order valence-electron chi connectivity index (χ1n) is 9.95. The average Bonchev–Trinajstić information content (AvgIpc) is 3.17. The zero-order chi connectivity index (χ0) is 22.0. The third kappa shape index (κ3) is 5.00. The van der Waals surface area contributed by atoms with E-state index in [1.165, 1.54) is 12.1 Å². The monoisotopic (exact) mass is 444 g/mol. The van der Waals surface area contributed by atoms with Crippen LogP contribution in [0.3, 0.4) is 0 Å². The number of carbonyl (C=O) groups excluding carboxylic acids is 1. The molecule has 8 nitrogen and oxygen atoms in total. The largest absolute Gasteiger partial charge is 0.491 e. The number of amides is 1. The summed E-state index contributed by atoms with van der Waals surface area (Å²) < 4.78 is 40.7. The lowest BCUT2D eigenvalue weighted by molar-refractivity contribution is 0.0499. The number of nitrogens with one attached hydrogen (secondary N) is 1. The molecule has 0 aliphatic carbocycles. The predicted molar refractivity (Wildman–Crippen MR) is 115 cm³/mol. The quantitative estimate of drug-likeness (QED) is 0.577. The number of hydrogen-bond donors (Lipinski definition) is 2. The van der Waals surface area contributed by atoms with E-state index < -0.39 is 15.7 Å². The Morgan fingerprint density at radius 3 is 2.48 bits per heavy atom. The smallest absolute Gasteiger partial charge is 0.265 e. The number of ether oxygens (including phenoxy) is 3. The Kier molecular flexibility index (Phi) is 5.88. The van der Waals surface area contributed by atoms with E-state index in [1.807, 2.05) is 0 Å². The van der Waals surface area contributed by atoms with Crippen LogP contribution in [0.4, 0.5) is 0 Å². The van der Waals surface area contributed by atoms with Crippen molar-refractivity contribution in [2.75, 3.05) is 26.1 Å². The van der Waals surface area contributed by atoms with Gasteiger partial charge in [0.25, 0.3) is 5.91 Å². The number of benzene rings is 2. The molecule has 0 spiro atoms. The Morgan fingerprint density at radius 2 is 1.84 bits per heavy atom. The fourth-order valence-corrected chi connectivity index (χ4v) is 4.13. The van der Waals surface area contributed by atoms with Gasteiger partial charge in [-0.3, -0.25) is 4.79 Å². The molecule has 1 saturated heterocycles. The lowest BCUT2D eigenvalue weighted by Crippen LogP contribution is -2.21. The van der Waals surface area contributed by atoms with Gasteiger partial charge in [-0.2, -0.15) is 0 Å². The lowest BCUT2D eigenvalue weighted by Gasteiger charge is -2.22. The van der Waals surface area contributed by atoms with Crippen molar-refractivity contribution < 1.29 is 27.4 Å². The number of H-pyrrole nitrogens is 1. The van der Waals surface area contributed by atoms with E-state index in [4.69, 9.17) is 19.9 Å². The number of sulfone groups is 1. The van der Waals surface area contributed by atoms with Gasteiger partial charge in [0.1, 0.15) is 22.9 Å². The van der Waals surface area contributed by atoms with Gasteiger partial charge >= 0.3 is 0 Å². The van der Waals surface area contributed by atoms with Gasteiger partial charge in [-0.1, -0.05) is 0 Å². The molecule has 0 saturated carbocycles. The molecule has 1 aliphatic heterocycles. The van der Waals surface area contributed by atoms with E-state index in [0.29, 0.717) is 35.3 Å². The van der Waals surface area contributed by atoms with Crippen molar-refractivity contribution in [1.29, 1.82) is 0 Å². The molecule has 0 unspecified atom stereocenters. The van der Waals surface area contributed by atoms with Crippen LogP contribution in [0.15, 0.2) is 47.4 Å². The Balaban J connectivity index is 1.62. The Morgan fingerprint density at radius 1 is 1.13 bits per heavy atom. The molecule has 3 aromatic rings. The molecule has 9 heteroatoms. The third-order valence-corrected chi connectivity index (χ3v) is 6.36. The number of carbonyl (C=O) groups is 1. The van der Waals surface area contributed by atoms with E-state index in [0.717, 1.165) is 37.7 Å². The number of fused-ring (bicyclic) bond motifs is 1. The van der Waals surface area contributed by atoms with Gasteiger partial charge in [0.15, 0.2) is 9.84 Å². The second-order valence-electron chi connectivity index (χ2n) is 7.65. The molecule has 0 atom stereocenters. The molecule has 0 radical (unpaired) electrons. The number of aromatic nitrogens is 1. The molecule has 164 valence electrons. The zero-order valence-corrected chi connectivity index (χ0v) is 17.9. The highest BCUT2D eigenvalue weighted by Gasteiger charge is 2.17. The van der Waals surface area contributed by atoms with Gasteiger partial charge in [0.2, 0.25) is 0 Å². The van der Waals surface area contributed by atoms with Gasteiger partial charge in [-0.15, -0.1) is 0 Å². The number of nitrogens with two attached hydrogens (primary N) is 1. The van der Waals surface area contributed by atoms with E-state index in [9.17, 15) is 13.2 Å². The maximum absolute atomic E-state index is 11.6. The Labute approximate surface area is 180 Å². The Hall–Kier alpha value is -3.04. The molecular formula is C22H24N2O6S. The second-order valence-corrected chi connectivity index (χ2v) is 9.66. The lowest BCUT2D eigenvalue weighted by atomic mass is 10.0. The van der Waals surface area contributed by atoms with Crippen LogP contribution in [0.25, 0.3) is 10.9 Å². The van der Waals surface area contributed by atoms with Crippen molar-refractivity contribution in [3.05, 3.63) is 48.2 Å². The average molecular weight is 445 g/mol. The van der Waals surface area contributed by atoms with Crippen molar-refractivity contribution in [3.8, 4) is 17.2 Å². The van der Waals surface area contributed by atoms with Crippen LogP contribution in [0.2, 0.25) is 0 Å². The molecule has 2 heterocycles. The Bertz CT molecular complexity index is 1190. The minimum absolute atomic E-state index is 0.215. The zero-order valence-electron chi connectivity index (χ0n) is 17.1. The van der Waals surface area contributed by atoms with Crippen LogP contribution >= 0.6 is 0 Å². The summed E-state index contributed by atoms with van der Waals surface area (Å²) in [4.78, 5) is 14.9. The minimum Gasteiger partial charge on any atom is -0.491 e. The summed E-state index contributed by atoms with van der Waals surface area (Å²) in [6.07, 6.45) is 3.02. The van der Waals surface area contributed by atoms with Crippen molar-refractivity contribution in [3.63, 3.8) is 0 Å². The molecule has 0 bridgehead atoms. The number of primary amides is 1. The fraction of sp³-hybridized carbons (Fsp3) is 0.318. The van der Waals surface area contributed by atoms with Gasteiger partial charge in [0.05, 0.1) is 17.0 Å². The number of rotatable bonds is 7. The minimum atomic E-state index is -3.28. The predicted octanol–water partition coefficient (Wildman–Crippen LogP) is 3.27. The molecule has 3 N–H and O–H groups in total. The highest BCUT2D eigenvalue weighted by atomic mass is 32.2. The number of aromatic amines is 1. The topological polar surface area (TPSA) is 121 Å². The standard InChI is InChI=1S/C22H24N2O6S/c1-31(26,27)18-4-2-16(3-5-18)30-17-10-15-11-19(22(23)25)24-21(15)20(12-17)29-13-14-6-8-28-9-7-14/h2-5,10-12,14,24H,6-9,13H2,1H3,(H2,23,25). The molecule has 4 rings (SSSR count). The highest BCUT2D eigenvalue weighted by Crippen LogP contribution is 2.34. The van der Waals surface area contributed by atoms with Gasteiger partial charge in [0, 0.05) is 30.9 Å². The maximum atomic E-state index is 11.6. The summed E-state index contributed by atoms with van der Waals surface area (Å²) >= 11 is 0. The van der Waals surface area contributed by atoms with Crippen LogP contribution in [-0.2, 0) is 14.6 Å². The maximum Gasteiger partial charge on any atom is 0.265 e. The normalized spacial score (nSPS) is 15.1. The molecule has 1 fully saturated rings. The molecule has 1 aromatic heterocycles. The SMILES string of the molecule is CS(=O)(=O)c1ccc(Oc2cc(OCC3CCOCC3)c3[nH]c(C(N)=O)cc3c2)cc1. The number of hydrogen-bond acceptors (Lipinski definition) is 6. The summed E-state index contributed by atoms with van der Waals surface area (Å²) in [6, 6.07) is 11.3. The summed E-state index contributed by atoms with van der Waals surface area (Å²) in [6.45, 7) is 1.98. The first kappa shape index (κ1) is 21.2. The van der Waals surface area contributed by atoms with Crippen molar-refractivity contribution >= 4 is 26.6 Å². The molecule has 1 amide bonds. The van der Waals surface area contributed by atoms with Crippen molar-refractivity contribution in [2.45, 2.75) is 17.7 Å². The fourth-order valence-electron chi connectivity index (χ4n) is 3.50. The van der Waals surface area contributed by atoms with Gasteiger partial charge in [-0.05, 0) is 55.2 Å². The van der Waals surface area contributed by atoms with E-state index in [-0.39, 0.29) is 10.6 Å². The van der Waals surface area contributed by atoms with Crippen LogP contribution in [0.5, 0.6) is 17.2 Å². The second kappa shape index (κ2) is 8.60. The third-order valence-electron chi connectivity index (χ3n) is 5.23. The van der Waals surface area contributed by atoms with E-state index in [2.05, 4.69) is 4.98 Å². The molecular weight excluding hydrogens is 420 g/mol. The first-order chi connectivity index (χ1) is 14.8. The van der Waals surface area contributed by atoms with Crippen molar-refractivity contribution in [1.82, 2.24) is 4.98 Å².